The van der Waals surface area contributed by atoms with Crippen LogP contribution in [0.2, 0.25) is 5.02 Å². The number of rotatable bonds is 3. The Morgan fingerprint density at radius 2 is 1.81 bits per heavy atom. The molecule has 0 aliphatic heterocycles. The van der Waals surface area contributed by atoms with Gasteiger partial charge in [-0.3, -0.25) is 14.9 Å². The second kappa shape index (κ2) is 5.93. The third-order valence-electron chi connectivity index (χ3n) is 3.15. The van der Waals surface area contributed by atoms with Gasteiger partial charge < -0.3 is 4.90 Å². The van der Waals surface area contributed by atoms with E-state index in [4.69, 9.17) is 11.6 Å². The Morgan fingerprint density at radius 3 is 2.33 bits per heavy atom. The smallest absolute Gasteiger partial charge is 0.269 e. The van der Waals surface area contributed by atoms with Crippen LogP contribution >= 0.6 is 11.6 Å². The van der Waals surface area contributed by atoms with Crippen molar-refractivity contribution < 1.29 is 9.72 Å². The summed E-state index contributed by atoms with van der Waals surface area (Å²) in [5.41, 5.74) is 1.81. The molecule has 2 aromatic rings. The van der Waals surface area contributed by atoms with Crippen molar-refractivity contribution in [2.24, 2.45) is 0 Å². The Hall–Kier alpha value is -2.40. The van der Waals surface area contributed by atoms with Crippen molar-refractivity contribution in [1.82, 2.24) is 0 Å². The SMILES string of the molecule is Cc1cccc(Cl)c1N(C)C(=O)c1ccc([N+](=O)[O-])cc1. The first-order valence-electron chi connectivity index (χ1n) is 6.19. The highest BCUT2D eigenvalue weighted by Gasteiger charge is 2.18. The van der Waals surface area contributed by atoms with E-state index in [9.17, 15) is 14.9 Å². The van der Waals surface area contributed by atoms with Crippen molar-refractivity contribution in [1.29, 1.82) is 0 Å². The molecule has 0 aliphatic carbocycles. The Kier molecular flexibility index (Phi) is 4.23. The van der Waals surface area contributed by atoms with E-state index in [1.54, 1.807) is 13.1 Å². The largest absolute Gasteiger partial charge is 0.310 e. The van der Waals surface area contributed by atoms with Crippen molar-refractivity contribution in [2.45, 2.75) is 6.92 Å². The lowest BCUT2D eigenvalue weighted by Gasteiger charge is -2.20. The molecule has 2 aromatic carbocycles. The number of para-hydroxylation sites is 1. The summed E-state index contributed by atoms with van der Waals surface area (Å²) in [7, 11) is 1.62. The van der Waals surface area contributed by atoms with Crippen molar-refractivity contribution >= 4 is 28.9 Å². The summed E-state index contributed by atoms with van der Waals surface area (Å²) >= 11 is 6.14. The standard InChI is InChI=1S/C15H13ClN2O3/c1-10-4-3-5-13(16)14(10)17(2)15(19)11-6-8-12(9-7-11)18(20)21/h3-9H,1-2H3. The molecule has 2 rings (SSSR count). The summed E-state index contributed by atoms with van der Waals surface area (Å²) in [5, 5.41) is 11.1. The number of amides is 1. The Morgan fingerprint density at radius 1 is 1.19 bits per heavy atom. The lowest BCUT2D eigenvalue weighted by molar-refractivity contribution is -0.384. The number of non-ortho nitro benzene ring substituents is 1. The normalized spacial score (nSPS) is 10.2. The van der Waals surface area contributed by atoms with Gasteiger partial charge in [0.1, 0.15) is 0 Å². The summed E-state index contributed by atoms with van der Waals surface area (Å²) in [6.07, 6.45) is 0. The molecule has 0 saturated heterocycles. The number of carbonyl (C=O) groups excluding carboxylic acids is 1. The number of nitro groups is 1. The van der Waals surface area contributed by atoms with Gasteiger partial charge >= 0.3 is 0 Å². The number of hydrogen-bond acceptors (Lipinski definition) is 3. The fourth-order valence-electron chi connectivity index (χ4n) is 2.07. The molecule has 0 aromatic heterocycles. The molecule has 0 radical (unpaired) electrons. The van der Waals surface area contributed by atoms with Crippen LogP contribution < -0.4 is 4.90 Å². The maximum absolute atomic E-state index is 12.4. The highest BCUT2D eigenvalue weighted by atomic mass is 35.5. The van der Waals surface area contributed by atoms with E-state index in [2.05, 4.69) is 0 Å². The summed E-state index contributed by atoms with van der Waals surface area (Å²) in [4.78, 5) is 24.0. The predicted octanol–water partition coefficient (Wildman–Crippen LogP) is 3.83. The first-order valence-corrected chi connectivity index (χ1v) is 6.57. The summed E-state index contributed by atoms with van der Waals surface area (Å²) in [5.74, 6) is -0.277. The van der Waals surface area contributed by atoms with Crippen molar-refractivity contribution in [3.63, 3.8) is 0 Å². The third kappa shape index (κ3) is 3.03. The Bertz CT molecular complexity index is 678. The van der Waals surface area contributed by atoms with E-state index < -0.39 is 4.92 Å². The molecule has 0 aliphatic rings. The summed E-state index contributed by atoms with van der Waals surface area (Å²) in [6.45, 7) is 1.86. The van der Waals surface area contributed by atoms with Gasteiger partial charge in [-0.1, -0.05) is 23.7 Å². The van der Waals surface area contributed by atoms with Crippen LogP contribution in [0.25, 0.3) is 0 Å². The fraction of sp³-hybridized carbons (Fsp3) is 0.133. The Labute approximate surface area is 126 Å². The van der Waals surface area contributed by atoms with Gasteiger partial charge in [-0.25, -0.2) is 0 Å². The van der Waals surface area contributed by atoms with E-state index in [-0.39, 0.29) is 11.6 Å². The molecule has 0 fully saturated rings. The van der Waals surface area contributed by atoms with Crippen LogP contribution in [0.3, 0.4) is 0 Å². The van der Waals surface area contributed by atoms with Crippen molar-refractivity contribution in [3.05, 3.63) is 68.7 Å². The lowest BCUT2D eigenvalue weighted by atomic mass is 10.1. The average molecular weight is 305 g/mol. The number of aryl methyl sites for hydroxylation is 1. The fourth-order valence-corrected chi connectivity index (χ4v) is 2.42. The number of halogens is 1. The zero-order chi connectivity index (χ0) is 15.6. The molecule has 0 N–H and O–H groups in total. The van der Waals surface area contributed by atoms with Crippen LogP contribution in [0, 0.1) is 17.0 Å². The van der Waals surface area contributed by atoms with Gasteiger partial charge in [-0.15, -0.1) is 0 Å². The maximum atomic E-state index is 12.4. The second-order valence-corrected chi connectivity index (χ2v) is 4.98. The minimum atomic E-state index is -0.504. The number of nitro benzene ring substituents is 1. The minimum absolute atomic E-state index is 0.0527. The molecule has 5 nitrogen and oxygen atoms in total. The van der Waals surface area contributed by atoms with Gasteiger partial charge in [0.05, 0.1) is 15.6 Å². The quantitative estimate of drug-likeness (QED) is 0.639. The van der Waals surface area contributed by atoms with Gasteiger partial charge in [0, 0.05) is 24.7 Å². The molecule has 0 atom stereocenters. The third-order valence-corrected chi connectivity index (χ3v) is 3.46. The van der Waals surface area contributed by atoms with Gasteiger partial charge in [0.25, 0.3) is 11.6 Å². The highest BCUT2D eigenvalue weighted by Crippen LogP contribution is 2.29. The van der Waals surface area contributed by atoms with Crippen LogP contribution in [0.4, 0.5) is 11.4 Å². The highest BCUT2D eigenvalue weighted by molar-refractivity contribution is 6.34. The van der Waals surface area contributed by atoms with Crippen LogP contribution in [0.15, 0.2) is 42.5 Å². The topological polar surface area (TPSA) is 63.5 Å². The Balaban J connectivity index is 2.33. The number of carbonyl (C=O) groups is 1. The van der Waals surface area contributed by atoms with Crippen LogP contribution in [-0.4, -0.2) is 17.9 Å². The molecular formula is C15H13ClN2O3. The number of benzene rings is 2. The molecule has 0 bridgehead atoms. The molecule has 21 heavy (non-hydrogen) atoms. The van der Waals surface area contributed by atoms with E-state index in [0.717, 1.165) is 5.56 Å². The molecule has 0 heterocycles. The number of nitrogens with zero attached hydrogens (tertiary/aromatic N) is 2. The van der Waals surface area contributed by atoms with E-state index in [1.165, 1.54) is 29.2 Å². The molecule has 0 unspecified atom stereocenters. The zero-order valence-corrected chi connectivity index (χ0v) is 12.3. The van der Waals surface area contributed by atoms with Crippen molar-refractivity contribution in [3.8, 4) is 0 Å². The van der Waals surface area contributed by atoms with Gasteiger partial charge in [-0.2, -0.15) is 0 Å². The molecular weight excluding hydrogens is 292 g/mol. The van der Waals surface area contributed by atoms with E-state index >= 15 is 0 Å². The average Bonchev–Trinajstić information content (AvgIpc) is 2.46. The molecule has 0 spiro atoms. The first kappa shape index (κ1) is 15.0. The zero-order valence-electron chi connectivity index (χ0n) is 11.5. The van der Waals surface area contributed by atoms with Crippen molar-refractivity contribution in [2.75, 3.05) is 11.9 Å². The van der Waals surface area contributed by atoms with Crippen LogP contribution in [0.1, 0.15) is 15.9 Å². The first-order chi connectivity index (χ1) is 9.91. The van der Waals surface area contributed by atoms with Gasteiger partial charge in [-0.05, 0) is 30.7 Å². The minimum Gasteiger partial charge on any atom is -0.310 e. The summed E-state index contributed by atoms with van der Waals surface area (Å²) in [6, 6.07) is 10.9. The van der Waals surface area contributed by atoms with Crippen LogP contribution in [-0.2, 0) is 0 Å². The predicted molar refractivity (Wildman–Crippen MR) is 82.0 cm³/mol. The van der Waals surface area contributed by atoms with Gasteiger partial charge in [0.2, 0.25) is 0 Å². The molecule has 108 valence electrons. The van der Waals surface area contributed by atoms with Crippen LogP contribution in [0.5, 0.6) is 0 Å². The molecule has 0 saturated carbocycles. The number of anilines is 1. The van der Waals surface area contributed by atoms with E-state index in [1.807, 2.05) is 19.1 Å². The molecule has 1 amide bonds. The second-order valence-electron chi connectivity index (χ2n) is 4.57. The molecule has 6 heteroatoms. The van der Waals surface area contributed by atoms with Gasteiger partial charge in [0.15, 0.2) is 0 Å². The maximum Gasteiger partial charge on any atom is 0.269 e. The summed E-state index contributed by atoms with van der Waals surface area (Å²) < 4.78 is 0. The monoisotopic (exact) mass is 304 g/mol. The van der Waals surface area contributed by atoms with E-state index in [0.29, 0.717) is 16.3 Å². The lowest BCUT2D eigenvalue weighted by Crippen LogP contribution is -2.27. The number of hydrogen-bond donors (Lipinski definition) is 0.